The van der Waals surface area contributed by atoms with Crippen LogP contribution in [0.15, 0.2) is 16.7 Å². The second-order valence-electron chi connectivity index (χ2n) is 2.82. The van der Waals surface area contributed by atoms with E-state index in [1.165, 1.54) is 7.11 Å². The predicted octanol–water partition coefficient (Wildman–Crippen LogP) is 1.96. The summed E-state index contributed by atoms with van der Waals surface area (Å²) < 4.78 is 10.5. The zero-order chi connectivity index (χ0) is 11.3. The van der Waals surface area contributed by atoms with Gasteiger partial charge in [0.05, 0.1) is 20.1 Å². The molecule has 0 aliphatic heterocycles. The lowest BCUT2D eigenvalue weighted by atomic mass is 10.2. The van der Waals surface area contributed by atoms with Gasteiger partial charge in [-0.25, -0.2) is 4.98 Å². The van der Waals surface area contributed by atoms with Gasteiger partial charge in [-0.05, 0) is 34.5 Å². The summed E-state index contributed by atoms with van der Waals surface area (Å²) in [5, 5.41) is 0. The minimum Gasteiger partial charge on any atom is -0.481 e. The minimum absolute atomic E-state index is 0.227. The van der Waals surface area contributed by atoms with Gasteiger partial charge in [0.25, 0.3) is 0 Å². The Hall–Kier alpha value is -1.10. The normalized spacial score (nSPS) is 9.80. The van der Waals surface area contributed by atoms with Crippen LogP contribution < -0.4 is 4.74 Å². The van der Waals surface area contributed by atoms with Crippen molar-refractivity contribution in [3.05, 3.63) is 22.3 Å². The van der Waals surface area contributed by atoms with E-state index >= 15 is 0 Å². The van der Waals surface area contributed by atoms with Crippen LogP contribution in [-0.4, -0.2) is 24.7 Å². The van der Waals surface area contributed by atoms with E-state index in [2.05, 4.69) is 20.9 Å². The number of esters is 1. The number of methoxy groups -OCH3 is 1. The number of carbonyl (C=O) groups excluding carboxylic acids is 1. The molecule has 1 aromatic heterocycles. The molecule has 0 atom stereocenters. The molecule has 0 aliphatic rings. The molecule has 0 saturated heterocycles. The summed E-state index contributed by atoms with van der Waals surface area (Å²) in [5.41, 5.74) is 0.812. The highest BCUT2D eigenvalue weighted by molar-refractivity contribution is 9.10. The summed E-state index contributed by atoms with van der Waals surface area (Å²) in [5.74, 6) is 0.223. The molecule has 0 N–H and O–H groups in total. The van der Waals surface area contributed by atoms with E-state index in [1.807, 2.05) is 0 Å². The number of hydrogen-bond acceptors (Lipinski definition) is 4. The molecular formula is C10H12BrNO3. The first kappa shape index (κ1) is 12.0. The number of hydrogen-bond donors (Lipinski definition) is 0. The Balaban J connectivity index is 2.76. The Morgan fingerprint density at radius 1 is 1.53 bits per heavy atom. The van der Waals surface area contributed by atoms with Crippen LogP contribution in [0.2, 0.25) is 0 Å². The second-order valence-corrected chi connectivity index (χ2v) is 3.63. The third kappa shape index (κ3) is 3.87. The van der Waals surface area contributed by atoms with Gasteiger partial charge in [-0.3, -0.25) is 4.79 Å². The number of carbonyl (C=O) groups is 1. The molecule has 0 fully saturated rings. The zero-order valence-electron chi connectivity index (χ0n) is 8.62. The summed E-state index contributed by atoms with van der Waals surface area (Å²) in [4.78, 5) is 15.3. The largest absolute Gasteiger partial charge is 0.481 e. The highest BCUT2D eigenvalue weighted by Gasteiger charge is 2.07. The van der Waals surface area contributed by atoms with Crippen LogP contribution in [-0.2, 0) is 16.0 Å². The lowest BCUT2D eigenvalue weighted by molar-refractivity contribution is -0.142. The van der Waals surface area contributed by atoms with Gasteiger partial charge < -0.3 is 9.47 Å². The maximum absolute atomic E-state index is 11.2. The van der Waals surface area contributed by atoms with Crippen LogP contribution in [0.25, 0.3) is 0 Å². The number of ether oxygens (including phenoxy) is 2. The molecule has 0 aliphatic carbocycles. The van der Waals surface area contributed by atoms with Gasteiger partial charge in [0.15, 0.2) is 0 Å². The molecular weight excluding hydrogens is 262 g/mol. The van der Waals surface area contributed by atoms with Crippen molar-refractivity contribution in [2.75, 3.05) is 13.7 Å². The maximum Gasteiger partial charge on any atom is 0.310 e. The molecule has 0 bridgehead atoms. The minimum atomic E-state index is -0.252. The van der Waals surface area contributed by atoms with Crippen LogP contribution in [0.1, 0.15) is 12.5 Å². The second kappa shape index (κ2) is 5.70. The summed E-state index contributed by atoms with van der Waals surface area (Å²) in [7, 11) is 1.53. The zero-order valence-corrected chi connectivity index (χ0v) is 10.2. The highest BCUT2D eigenvalue weighted by atomic mass is 79.9. The van der Waals surface area contributed by atoms with Crippen molar-refractivity contribution in [3.8, 4) is 5.88 Å². The van der Waals surface area contributed by atoms with Crippen molar-refractivity contribution in [1.82, 2.24) is 4.98 Å². The fraction of sp³-hybridized carbons (Fsp3) is 0.400. The Morgan fingerprint density at radius 2 is 2.27 bits per heavy atom. The van der Waals surface area contributed by atoms with Gasteiger partial charge in [0.1, 0.15) is 4.60 Å². The number of aromatic nitrogens is 1. The maximum atomic E-state index is 11.2. The van der Waals surface area contributed by atoms with E-state index in [4.69, 9.17) is 9.47 Å². The molecule has 0 spiro atoms. The van der Waals surface area contributed by atoms with Gasteiger partial charge in [-0.15, -0.1) is 0 Å². The van der Waals surface area contributed by atoms with Crippen LogP contribution >= 0.6 is 15.9 Å². The van der Waals surface area contributed by atoms with Crippen molar-refractivity contribution in [1.29, 1.82) is 0 Å². The first-order valence-electron chi connectivity index (χ1n) is 4.51. The van der Waals surface area contributed by atoms with Crippen LogP contribution in [0.5, 0.6) is 5.88 Å². The van der Waals surface area contributed by atoms with Gasteiger partial charge in [-0.1, -0.05) is 0 Å². The number of pyridine rings is 1. The van der Waals surface area contributed by atoms with Crippen molar-refractivity contribution >= 4 is 21.9 Å². The molecule has 4 nitrogen and oxygen atoms in total. The van der Waals surface area contributed by atoms with E-state index in [-0.39, 0.29) is 12.4 Å². The molecule has 15 heavy (non-hydrogen) atoms. The number of nitrogens with zero attached hydrogens (tertiary/aromatic N) is 1. The monoisotopic (exact) mass is 273 g/mol. The van der Waals surface area contributed by atoms with E-state index in [0.717, 1.165) is 5.56 Å². The average Bonchev–Trinajstić information content (AvgIpc) is 2.17. The van der Waals surface area contributed by atoms with Gasteiger partial charge in [0.2, 0.25) is 5.88 Å². The third-order valence-electron chi connectivity index (χ3n) is 1.69. The van der Waals surface area contributed by atoms with Gasteiger partial charge in [-0.2, -0.15) is 0 Å². The number of halogens is 1. The molecule has 1 aromatic rings. The lowest BCUT2D eigenvalue weighted by Crippen LogP contribution is -2.07. The van der Waals surface area contributed by atoms with Gasteiger partial charge >= 0.3 is 5.97 Å². The SMILES string of the molecule is CCOC(=O)Cc1cc(Br)nc(OC)c1. The summed E-state index contributed by atoms with van der Waals surface area (Å²) in [6, 6.07) is 3.47. The first-order valence-corrected chi connectivity index (χ1v) is 5.31. The molecule has 82 valence electrons. The average molecular weight is 274 g/mol. The fourth-order valence-electron chi connectivity index (χ4n) is 1.11. The number of rotatable bonds is 4. The standard InChI is InChI=1S/C10H12BrNO3/c1-3-15-10(13)6-7-4-8(11)12-9(5-7)14-2/h4-5H,3,6H2,1-2H3. The molecule has 0 amide bonds. The predicted molar refractivity (Wildman–Crippen MR) is 58.8 cm³/mol. The van der Waals surface area contributed by atoms with Crippen molar-refractivity contribution in [3.63, 3.8) is 0 Å². The third-order valence-corrected chi connectivity index (χ3v) is 2.10. The molecule has 0 aromatic carbocycles. The molecule has 0 radical (unpaired) electrons. The van der Waals surface area contributed by atoms with Crippen LogP contribution in [0.4, 0.5) is 0 Å². The molecule has 1 heterocycles. The van der Waals surface area contributed by atoms with E-state index in [1.54, 1.807) is 19.1 Å². The Labute approximate surface area is 96.7 Å². The summed E-state index contributed by atoms with van der Waals surface area (Å²) in [6.45, 7) is 2.17. The lowest BCUT2D eigenvalue weighted by Gasteiger charge is -2.04. The Morgan fingerprint density at radius 3 is 2.87 bits per heavy atom. The molecule has 0 saturated carbocycles. The van der Waals surface area contributed by atoms with E-state index in [9.17, 15) is 4.79 Å². The van der Waals surface area contributed by atoms with Crippen molar-refractivity contribution in [2.45, 2.75) is 13.3 Å². The smallest absolute Gasteiger partial charge is 0.310 e. The Kier molecular flexibility index (Phi) is 4.55. The molecule has 1 rings (SSSR count). The van der Waals surface area contributed by atoms with E-state index in [0.29, 0.717) is 17.1 Å². The Bertz CT molecular complexity index is 355. The molecule has 5 heteroatoms. The summed E-state index contributed by atoms with van der Waals surface area (Å²) >= 11 is 3.24. The topological polar surface area (TPSA) is 48.4 Å². The quantitative estimate of drug-likeness (QED) is 0.622. The van der Waals surface area contributed by atoms with Crippen molar-refractivity contribution in [2.24, 2.45) is 0 Å². The highest BCUT2D eigenvalue weighted by Crippen LogP contribution is 2.17. The fourth-order valence-corrected chi connectivity index (χ4v) is 1.58. The summed E-state index contributed by atoms with van der Waals surface area (Å²) in [6.07, 6.45) is 0.227. The van der Waals surface area contributed by atoms with Crippen LogP contribution in [0, 0.1) is 0 Å². The van der Waals surface area contributed by atoms with Crippen LogP contribution in [0.3, 0.4) is 0 Å². The van der Waals surface area contributed by atoms with E-state index < -0.39 is 0 Å². The first-order chi connectivity index (χ1) is 7.15. The van der Waals surface area contributed by atoms with Crippen molar-refractivity contribution < 1.29 is 14.3 Å². The molecule has 0 unspecified atom stereocenters. The van der Waals surface area contributed by atoms with Gasteiger partial charge in [0, 0.05) is 6.07 Å².